The molecule has 5 nitrogen and oxygen atoms in total. The average molecular weight is 340 g/mol. The van der Waals surface area contributed by atoms with Crippen LogP contribution in [-0.2, 0) is 4.74 Å². The molecule has 0 saturated heterocycles. The second kappa shape index (κ2) is 8.41. The van der Waals surface area contributed by atoms with E-state index >= 15 is 0 Å². The molecule has 1 N–H and O–H groups in total. The van der Waals surface area contributed by atoms with E-state index in [1.165, 1.54) is 25.7 Å². The molecule has 1 heterocycles. The predicted octanol–water partition coefficient (Wildman–Crippen LogP) is 3.57. The van der Waals surface area contributed by atoms with Crippen LogP contribution in [0.15, 0.2) is 30.6 Å². The summed E-state index contributed by atoms with van der Waals surface area (Å²) in [4.78, 5) is 11.3. The maximum Gasteiger partial charge on any atom is 0.137 e. The Hall–Kier alpha value is -1.98. The van der Waals surface area contributed by atoms with Gasteiger partial charge in [-0.15, -0.1) is 0 Å². The third kappa shape index (κ3) is 4.55. The molecule has 0 amide bonds. The van der Waals surface area contributed by atoms with Gasteiger partial charge in [0, 0.05) is 24.6 Å². The molecule has 0 aliphatic heterocycles. The summed E-state index contributed by atoms with van der Waals surface area (Å²) in [6.07, 6.45) is 10.6. The minimum Gasteiger partial charge on any atom is -0.381 e. The first kappa shape index (κ1) is 17.8. The van der Waals surface area contributed by atoms with Crippen molar-refractivity contribution in [2.45, 2.75) is 37.8 Å². The Kier molecular flexibility index (Phi) is 6.00. The number of aromatic nitrogens is 2. The SMILES string of the molecule is COC/C=C/c1ccc2ncnc(NC3CCC(N(C)C)CC3)c2c1. The van der Waals surface area contributed by atoms with Crippen molar-refractivity contribution in [3.05, 3.63) is 36.2 Å². The van der Waals surface area contributed by atoms with Crippen molar-refractivity contribution in [3.63, 3.8) is 0 Å². The van der Waals surface area contributed by atoms with Crippen LogP contribution in [0.5, 0.6) is 0 Å². The van der Waals surface area contributed by atoms with E-state index < -0.39 is 0 Å². The highest BCUT2D eigenvalue weighted by molar-refractivity contribution is 5.90. The molecule has 1 fully saturated rings. The maximum absolute atomic E-state index is 5.07. The Morgan fingerprint density at radius 3 is 2.72 bits per heavy atom. The average Bonchev–Trinajstić information content (AvgIpc) is 2.63. The van der Waals surface area contributed by atoms with Crippen LogP contribution >= 0.6 is 0 Å². The Morgan fingerprint density at radius 2 is 2.00 bits per heavy atom. The van der Waals surface area contributed by atoms with E-state index in [9.17, 15) is 0 Å². The maximum atomic E-state index is 5.07. The summed E-state index contributed by atoms with van der Waals surface area (Å²) < 4.78 is 5.07. The molecule has 1 aromatic heterocycles. The number of hydrogen-bond donors (Lipinski definition) is 1. The molecule has 0 atom stereocenters. The summed E-state index contributed by atoms with van der Waals surface area (Å²) in [7, 11) is 6.05. The van der Waals surface area contributed by atoms with Crippen LogP contribution in [0.2, 0.25) is 0 Å². The Bertz CT molecular complexity index is 721. The number of fused-ring (bicyclic) bond motifs is 1. The smallest absolute Gasteiger partial charge is 0.137 e. The fraction of sp³-hybridized carbons (Fsp3) is 0.500. The summed E-state index contributed by atoms with van der Waals surface area (Å²) in [6.45, 7) is 0.615. The third-order valence-corrected chi connectivity index (χ3v) is 5.00. The van der Waals surface area contributed by atoms with Crippen molar-refractivity contribution in [2.24, 2.45) is 0 Å². The van der Waals surface area contributed by atoms with Crippen molar-refractivity contribution < 1.29 is 4.74 Å². The molecular weight excluding hydrogens is 312 g/mol. The minimum atomic E-state index is 0.488. The summed E-state index contributed by atoms with van der Waals surface area (Å²) in [6, 6.07) is 7.47. The first-order chi connectivity index (χ1) is 12.2. The zero-order valence-corrected chi connectivity index (χ0v) is 15.4. The predicted molar refractivity (Wildman–Crippen MR) is 104 cm³/mol. The van der Waals surface area contributed by atoms with E-state index in [4.69, 9.17) is 4.74 Å². The first-order valence-corrected chi connectivity index (χ1v) is 9.00. The number of anilines is 1. The number of hydrogen-bond acceptors (Lipinski definition) is 5. The van der Waals surface area contributed by atoms with Gasteiger partial charge in [0.2, 0.25) is 0 Å². The van der Waals surface area contributed by atoms with Crippen molar-refractivity contribution in [1.29, 1.82) is 0 Å². The normalized spacial score (nSPS) is 21.3. The van der Waals surface area contributed by atoms with E-state index in [0.717, 1.165) is 22.3 Å². The van der Waals surface area contributed by atoms with Crippen LogP contribution in [0.4, 0.5) is 5.82 Å². The molecule has 5 heteroatoms. The topological polar surface area (TPSA) is 50.3 Å². The molecule has 1 saturated carbocycles. The summed E-state index contributed by atoms with van der Waals surface area (Å²) in [5.41, 5.74) is 2.11. The second-order valence-electron chi connectivity index (χ2n) is 6.97. The molecule has 0 spiro atoms. The van der Waals surface area contributed by atoms with Crippen molar-refractivity contribution >= 4 is 22.8 Å². The lowest BCUT2D eigenvalue weighted by atomic mass is 9.90. The first-order valence-electron chi connectivity index (χ1n) is 9.00. The Labute approximate surface area is 150 Å². The van der Waals surface area contributed by atoms with Gasteiger partial charge in [-0.25, -0.2) is 9.97 Å². The highest BCUT2D eigenvalue weighted by Crippen LogP contribution is 2.27. The van der Waals surface area contributed by atoms with Gasteiger partial charge in [0.05, 0.1) is 12.1 Å². The molecule has 1 aliphatic carbocycles. The second-order valence-corrected chi connectivity index (χ2v) is 6.97. The van der Waals surface area contributed by atoms with Gasteiger partial charge in [-0.05, 0) is 57.5 Å². The van der Waals surface area contributed by atoms with Crippen molar-refractivity contribution in [1.82, 2.24) is 14.9 Å². The molecule has 1 aliphatic rings. The van der Waals surface area contributed by atoms with E-state index in [1.54, 1.807) is 13.4 Å². The monoisotopic (exact) mass is 340 g/mol. The zero-order valence-electron chi connectivity index (χ0n) is 15.4. The number of nitrogens with one attached hydrogen (secondary N) is 1. The van der Waals surface area contributed by atoms with Gasteiger partial charge in [-0.1, -0.05) is 18.2 Å². The van der Waals surface area contributed by atoms with E-state index in [2.05, 4.69) is 58.6 Å². The van der Waals surface area contributed by atoms with Gasteiger partial charge in [0.1, 0.15) is 12.1 Å². The lowest BCUT2D eigenvalue weighted by molar-refractivity contribution is 0.221. The number of ether oxygens (including phenoxy) is 1. The summed E-state index contributed by atoms with van der Waals surface area (Å²) in [5.74, 6) is 0.945. The Balaban J connectivity index is 1.75. The van der Waals surface area contributed by atoms with Crippen LogP contribution < -0.4 is 5.32 Å². The quantitative estimate of drug-likeness (QED) is 0.871. The summed E-state index contributed by atoms with van der Waals surface area (Å²) in [5, 5.41) is 4.74. The Morgan fingerprint density at radius 1 is 1.20 bits per heavy atom. The van der Waals surface area contributed by atoms with Gasteiger partial charge in [-0.3, -0.25) is 0 Å². The van der Waals surface area contributed by atoms with E-state index in [0.29, 0.717) is 18.7 Å². The van der Waals surface area contributed by atoms with E-state index in [-0.39, 0.29) is 0 Å². The standard InChI is InChI=1S/C20H28N4O/c1-24(2)17-9-7-16(8-10-17)23-20-18-13-15(5-4-12-25-3)6-11-19(18)21-14-22-20/h4-6,11,13-14,16-17H,7-10,12H2,1-3H3,(H,21,22,23)/b5-4+. The number of benzene rings is 1. The highest BCUT2D eigenvalue weighted by atomic mass is 16.5. The fourth-order valence-electron chi connectivity index (χ4n) is 3.50. The number of methoxy groups -OCH3 is 1. The number of rotatable bonds is 6. The molecule has 3 rings (SSSR count). The molecule has 1 aromatic carbocycles. The highest BCUT2D eigenvalue weighted by Gasteiger charge is 2.22. The largest absolute Gasteiger partial charge is 0.381 e. The molecule has 134 valence electrons. The lowest BCUT2D eigenvalue weighted by Crippen LogP contribution is -2.36. The molecule has 2 aromatic rings. The lowest BCUT2D eigenvalue weighted by Gasteiger charge is -2.33. The van der Waals surface area contributed by atoms with Gasteiger partial charge in [-0.2, -0.15) is 0 Å². The van der Waals surface area contributed by atoms with E-state index in [1.807, 2.05) is 6.08 Å². The number of nitrogens with zero attached hydrogens (tertiary/aromatic N) is 3. The minimum absolute atomic E-state index is 0.488. The third-order valence-electron chi connectivity index (χ3n) is 5.00. The molecular formula is C20H28N4O. The van der Waals surface area contributed by atoms with Crippen LogP contribution in [0.1, 0.15) is 31.2 Å². The van der Waals surface area contributed by atoms with Gasteiger partial charge >= 0.3 is 0 Å². The summed E-state index contributed by atoms with van der Waals surface area (Å²) >= 11 is 0. The van der Waals surface area contributed by atoms with Crippen LogP contribution in [0, 0.1) is 0 Å². The molecule has 0 bridgehead atoms. The van der Waals surface area contributed by atoms with Crippen molar-refractivity contribution in [3.8, 4) is 0 Å². The molecule has 0 unspecified atom stereocenters. The van der Waals surface area contributed by atoms with Gasteiger partial charge < -0.3 is 15.0 Å². The van der Waals surface area contributed by atoms with Crippen molar-refractivity contribution in [2.75, 3.05) is 33.1 Å². The van der Waals surface area contributed by atoms with Gasteiger partial charge in [0.15, 0.2) is 0 Å². The zero-order chi connectivity index (χ0) is 17.6. The fourth-order valence-corrected chi connectivity index (χ4v) is 3.50. The van der Waals surface area contributed by atoms with Gasteiger partial charge in [0.25, 0.3) is 0 Å². The van der Waals surface area contributed by atoms with Crippen LogP contribution in [0.25, 0.3) is 17.0 Å². The van der Waals surface area contributed by atoms with Crippen LogP contribution in [-0.4, -0.2) is 54.8 Å². The van der Waals surface area contributed by atoms with Crippen LogP contribution in [0.3, 0.4) is 0 Å². The molecule has 25 heavy (non-hydrogen) atoms. The molecule has 0 radical (unpaired) electrons.